The molecule has 0 saturated heterocycles. The molecule has 0 unspecified atom stereocenters. The molecule has 4 nitrogen and oxygen atoms in total. The van der Waals surface area contributed by atoms with E-state index in [0.29, 0.717) is 11.4 Å². The van der Waals surface area contributed by atoms with E-state index in [4.69, 9.17) is 5.11 Å². The molecule has 0 spiro atoms. The van der Waals surface area contributed by atoms with E-state index >= 15 is 0 Å². The Morgan fingerprint density at radius 3 is 3.15 bits per heavy atom. The lowest BCUT2D eigenvalue weighted by Crippen LogP contribution is -2.13. The van der Waals surface area contributed by atoms with E-state index in [-0.39, 0.29) is 0 Å². The second kappa shape index (κ2) is 3.06. The number of hydrogen-bond donors (Lipinski definition) is 1. The number of aromatic nitrogens is 2. The molecule has 13 heavy (non-hydrogen) atoms. The fourth-order valence-corrected chi connectivity index (χ4v) is 2.52. The first-order chi connectivity index (χ1) is 6.20. The number of aromatic carboxylic acids is 1. The number of fused-ring (bicyclic) bond motifs is 1. The minimum Gasteiger partial charge on any atom is -0.477 e. The van der Waals surface area contributed by atoms with Gasteiger partial charge in [0.25, 0.3) is 0 Å². The van der Waals surface area contributed by atoms with Crippen LogP contribution in [0.4, 0.5) is 0 Å². The van der Waals surface area contributed by atoms with Crippen LogP contribution >= 0.6 is 11.8 Å². The minimum atomic E-state index is -0.876. The Balaban J connectivity index is 2.54. The molecule has 1 aromatic rings. The highest BCUT2D eigenvalue weighted by Gasteiger charge is 2.21. The Hall–Kier alpha value is -0.970. The van der Waals surface area contributed by atoms with Crippen molar-refractivity contribution < 1.29 is 9.90 Å². The van der Waals surface area contributed by atoms with Gasteiger partial charge in [-0.1, -0.05) is 11.8 Å². The minimum absolute atomic E-state index is 0.349. The fraction of sp³-hybridized carbons (Fsp3) is 0.500. The summed E-state index contributed by atoms with van der Waals surface area (Å²) in [5, 5.41) is 9.79. The molecule has 0 fully saturated rings. The van der Waals surface area contributed by atoms with E-state index in [0.717, 1.165) is 23.9 Å². The Kier molecular flexibility index (Phi) is 2.03. The number of rotatable bonds is 1. The molecule has 0 radical (unpaired) electrons. The first kappa shape index (κ1) is 8.62. The van der Waals surface area contributed by atoms with Crippen LogP contribution in [-0.4, -0.2) is 26.4 Å². The van der Waals surface area contributed by atoms with Crippen LogP contribution in [0.3, 0.4) is 0 Å². The lowest BCUT2D eigenvalue weighted by atomic mass is 10.3. The lowest BCUT2D eigenvalue weighted by Gasteiger charge is -2.13. The van der Waals surface area contributed by atoms with E-state index in [1.807, 2.05) is 0 Å². The molecule has 1 aromatic heterocycles. The number of aryl methyl sites for hydroxylation is 1. The van der Waals surface area contributed by atoms with Gasteiger partial charge in [-0.15, -0.1) is 0 Å². The lowest BCUT2D eigenvalue weighted by molar-refractivity contribution is 0.0683. The van der Waals surface area contributed by atoms with Crippen LogP contribution in [-0.2, 0) is 6.54 Å². The zero-order valence-electron chi connectivity index (χ0n) is 7.28. The molecule has 1 N–H and O–H groups in total. The molecule has 0 saturated carbocycles. The third-order valence-electron chi connectivity index (χ3n) is 2.07. The van der Waals surface area contributed by atoms with Crippen molar-refractivity contribution in [1.82, 2.24) is 9.55 Å². The third-order valence-corrected chi connectivity index (χ3v) is 3.13. The van der Waals surface area contributed by atoms with Crippen molar-refractivity contribution in [3.63, 3.8) is 0 Å². The van der Waals surface area contributed by atoms with Crippen LogP contribution in [0.25, 0.3) is 0 Å². The highest BCUT2D eigenvalue weighted by atomic mass is 32.2. The van der Waals surface area contributed by atoms with Crippen LogP contribution in [0, 0.1) is 6.92 Å². The number of carboxylic acids is 1. The highest BCUT2D eigenvalue weighted by molar-refractivity contribution is 7.99. The molecule has 0 aromatic carbocycles. The molecule has 2 heterocycles. The molecule has 1 aliphatic heterocycles. The topological polar surface area (TPSA) is 55.1 Å². The summed E-state index contributed by atoms with van der Waals surface area (Å²) in [5.74, 6) is 0.161. The van der Waals surface area contributed by atoms with Crippen LogP contribution < -0.4 is 0 Å². The summed E-state index contributed by atoms with van der Waals surface area (Å²) < 4.78 is 1.80. The van der Waals surface area contributed by atoms with E-state index in [2.05, 4.69) is 4.98 Å². The van der Waals surface area contributed by atoms with Crippen LogP contribution in [0.2, 0.25) is 0 Å². The van der Waals surface area contributed by atoms with Crippen molar-refractivity contribution in [2.45, 2.75) is 25.0 Å². The Morgan fingerprint density at radius 2 is 2.46 bits per heavy atom. The van der Waals surface area contributed by atoms with Gasteiger partial charge in [-0.2, -0.15) is 0 Å². The Labute approximate surface area is 80.0 Å². The smallest absolute Gasteiger partial charge is 0.354 e. The van der Waals surface area contributed by atoms with Gasteiger partial charge in [-0.05, 0) is 13.3 Å². The molecule has 0 atom stereocenters. The number of nitrogens with zero attached hydrogens (tertiary/aromatic N) is 2. The zero-order chi connectivity index (χ0) is 9.42. The summed E-state index contributed by atoms with van der Waals surface area (Å²) >= 11 is 1.63. The number of thioether (sulfide) groups is 1. The van der Waals surface area contributed by atoms with Gasteiger partial charge in [0.2, 0.25) is 0 Å². The first-order valence-corrected chi connectivity index (χ1v) is 5.12. The highest BCUT2D eigenvalue weighted by Crippen LogP contribution is 2.26. The first-order valence-electron chi connectivity index (χ1n) is 4.13. The normalized spacial score (nSPS) is 15.5. The maximum Gasteiger partial charge on any atom is 0.354 e. The number of carbonyl (C=O) groups is 1. The average Bonchev–Trinajstić information content (AvgIpc) is 2.39. The largest absolute Gasteiger partial charge is 0.477 e. The van der Waals surface area contributed by atoms with Gasteiger partial charge in [0.1, 0.15) is 0 Å². The standard InChI is InChI=1S/C8H10N2O2S/c1-5-6(7(11)12)10-3-2-4-13-8(10)9-5/h2-4H2,1H3,(H,11,12). The van der Waals surface area contributed by atoms with Crippen molar-refractivity contribution in [3.05, 3.63) is 11.4 Å². The van der Waals surface area contributed by atoms with Crippen molar-refractivity contribution >= 4 is 17.7 Å². The molecule has 5 heteroatoms. The average molecular weight is 198 g/mol. The zero-order valence-corrected chi connectivity index (χ0v) is 8.10. The number of carboxylic acid groups (broad SMARTS) is 1. The quantitative estimate of drug-likeness (QED) is 0.740. The summed E-state index contributed by atoms with van der Waals surface area (Å²) in [5.41, 5.74) is 0.971. The Morgan fingerprint density at radius 1 is 1.69 bits per heavy atom. The molecule has 0 amide bonds. The second-order valence-electron chi connectivity index (χ2n) is 2.99. The number of imidazole rings is 1. The van der Waals surface area contributed by atoms with Gasteiger partial charge in [0.05, 0.1) is 5.69 Å². The Bertz CT molecular complexity index is 359. The van der Waals surface area contributed by atoms with Gasteiger partial charge in [-0.3, -0.25) is 0 Å². The maximum atomic E-state index is 10.9. The predicted molar refractivity (Wildman–Crippen MR) is 49.3 cm³/mol. The van der Waals surface area contributed by atoms with Crippen molar-refractivity contribution in [3.8, 4) is 0 Å². The van der Waals surface area contributed by atoms with E-state index in [9.17, 15) is 4.79 Å². The monoisotopic (exact) mass is 198 g/mol. The summed E-state index contributed by atoms with van der Waals surface area (Å²) in [6.07, 6.45) is 1.02. The molecular formula is C8H10N2O2S. The predicted octanol–water partition coefficient (Wildman–Crippen LogP) is 1.39. The van der Waals surface area contributed by atoms with Crippen LogP contribution in [0.5, 0.6) is 0 Å². The third kappa shape index (κ3) is 1.33. The van der Waals surface area contributed by atoms with E-state index < -0.39 is 5.97 Å². The van der Waals surface area contributed by atoms with Crippen LogP contribution in [0.15, 0.2) is 5.16 Å². The summed E-state index contributed by atoms with van der Waals surface area (Å²) in [6.45, 7) is 2.53. The second-order valence-corrected chi connectivity index (χ2v) is 4.05. The molecular weight excluding hydrogens is 188 g/mol. The van der Waals surface area contributed by atoms with Gasteiger partial charge in [0, 0.05) is 12.3 Å². The number of hydrogen-bond acceptors (Lipinski definition) is 3. The van der Waals surface area contributed by atoms with E-state index in [1.54, 1.807) is 23.3 Å². The van der Waals surface area contributed by atoms with Gasteiger partial charge >= 0.3 is 5.97 Å². The van der Waals surface area contributed by atoms with Crippen LogP contribution in [0.1, 0.15) is 22.6 Å². The molecule has 2 rings (SSSR count). The molecule has 1 aliphatic rings. The molecule has 70 valence electrons. The fourth-order valence-electron chi connectivity index (χ4n) is 1.52. The van der Waals surface area contributed by atoms with Crippen molar-refractivity contribution in [1.29, 1.82) is 0 Å². The van der Waals surface area contributed by atoms with Gasteiger partial charge < -0.3 is 9.67 Å². The van der Waals surface area contributed by atoms with E-state index in [1.165, 1.54) is 0 Å². The summed E-state index contributed by atoms with van der Waals surface area (Å²) in [7, 11) is 0. The molecule has 0 bridgehead atoms. The SMILES string of the molecule is Cc1nc2n(c1C(=O)O)CCCS2. The van der Waals surface area contributed by atoms with Gasteiger partial charge in [0.15, 0.2) is 10.9 Å². The summed E-state index contributed by atoms with van der Waals surface area (Å²) in [6, 6.07) is 0. The van der Waals surface area contributed by atoms with Gasteiger partial charge in [-0.25, -0.2) is 9.78 Å². The maximum absolute atomic E-state index is 10.9. The molecule has 0 aliphatic carbocycles. The van der Waals surface area contributed by atoms with Crippen molar-refractivity contribution in [2.24, 2.45) is 0 Å². The van der Waals surface area contributed by atoms with Crippen molar-refractivity contribution in [2.75, 3.05) is 5.75 Å². The summed E-state index contributed by atoms with van der Waals surface area (Å²) in [4.78, 5) is 15.1.